The predicted molar refractivity (Wildman–Crippen MR) is 251 cm³/mol. The van der Waals surface area contributed by atoms with Crippen molar-refractivity contribution >= 4 is 5.97 Å². The molecule has 0 radical (unpaired) electrons. The second-order valence-corrected chi connectivity index (χ2v) is 18.1. The zero-order valence-corrected chi connectivity index (χ0v) is 39.4. The number of hydrogen-bond acceptors (Lipinski definition) is 4. The minimum Gasteiger partial charge on any atom is -0.463 e. The van der Waals surface area contributed by atoms with Crippen molar-refractivity contribution in [3.8, 4) is 0 Å². The highest BCUT2D eigenvalue weighted by Crippen LogP contribution is 2.15. The fraction of sp³-hybridized carbons (Fsp3) is 0.981. The Balaban J connectivity index is 4.67. The molecular weight excluding hydrogens is 685 g/mol. The van der Waals surface area contributed by atoms with Crippen molar-refractivity contribution in [1.82, 2.24) is 9.80 Å². The highest BCUT2D eigenvalue weighted by Gasteiger charge is 2.13. The van der Waals surface area contributed by atoms with Crippen LogP contribution in [0, 0.1) is 0 Å². The van der Waals surface area contributed by atoms with Crippen molar-refractivity contribution in [3.05, 3.63) is 0 Å². The Labute approximate surface area is 354 Å². The predicted octanol–water partition coefficient (Wildman–Crippen LogP) is 16.8. The molecule has 56 heavy (non-hydrogen) atoms. The highest BCUT2D eigenvalue weighted by atomic mass is 16.5. The van der Waals surface area contributed by atoms with Gasteiger partial charge in [0.15, 0.2) is 0 Å². The van der Waals surface area contributed by atoms with Crippen molar-refractivity contribution < 1.29 is 9.53 Å². The summed E-state index contributed by atoms with van der Waals surface area (Å²) in [6.07, 6.45) is 54.9. The number of hydrogen-bond donors (Lipinski definition) is 0. The van der Waals surface area contributed by atoms with Crippen LogP contribution in [0.5, 0.6) is 0 Å². The summed E-state index contributed by atoms with van der Waals surface area (Å²) >= 11 is 0. The zero-order chi connectivity index (χ0) is 40.7. The minimum atomic E-state index is 0.00184. The van der Waals surface area contributed by atoms with E-state index in [0.29, 0.717) is 13.2 Å². The fourth-order valence-electron chi connectivity index (χ4n) is 8.41. The van der Waals surface area contributed by atoms with E-state index in [9.17, 15) is 4.79 Å². The molecule has 0 spiro atoms. The van der Waals surface area contributed by atoms with Crippen LogP contribution in [0.1, 0.15) is 285 Å². The molecule has 336 valence electrons. The van der Waals surface area contributed by atoms with Gasteiger partial charge in [0.25, 0.3) is 0 Å². The van der Waals surface area contributed by atoms with Crippen LogP contribution in [0.15, 0.2) is 0 Å². The van der Waals surface area contributed by atoms with Crippen molar-refractivity contribution in [2.75, 3.05) is 45.9 Å². The van der Waals surface area contributed by atoms with Gasteiger partial charge in [0.1, 0.15) is 6.61 Å². The van der Waals surface area contributed by atoms with Crippen molar-refractivity contribution in [2.24, 2.45) is 0 Å². The molecule has 0 fully saturated rings. The Kier molecular flexibility index (Phi) is 48.2. The van der Waals surface area contributed by atoms with E-state index in [-0.39, 0.29) is 5.97 Å². The summed E-state index contributed by atoms with van der Waals surface area (Å²) in [5.74, 6) is 0.00184. The molecular formula is C52H106N2O2. The fourth-order valence-corrected chi connectivity index (χ4v) is 8.41. The van der Waals surface area contributed by atoms with Crippen molar-refractivity contribution in [1.29, 1.82) is 0 Å². The second-order valence-electron chi connectivity index (χ2n) is 18.1. The number of unbranched alkanes of at least 4 members (excludes halogenated alkanes) is 36. The van der Waals surface area contributed by atoms with E-state index in [1.54, 1.807) is 0 Å². The van der Waals surface area contributed by atoms with Crippen molar-refractivity contribution in [2.45, 2.75) is 285 Å². The van der Waals surface area contributed by atoms with Gasteiger partial charge in [-0.2, -0.15) is 0 Å². The molecule has 0 aromatic rings. The first kappa shape index (κ1) is 55.4. The number of carbonyl (C=O) groups is 1. The standard InChI is InChI=1S/C52H106N2O2/c1-5-9-13-17-21-25-29-33-37-41-45-53(46-42-38-34-30-26-22-18-14-10-6-2)49-50-56-52(55)51-54(47-43-39-35-31-27-23-19-15-11-7-3)48-44-40-36-32-28-24-20-16-12-8-4/h5-51H2,1-4H3. The Bertz CT molecular complexity index is 682. The molecule has 0 atom stereocenters. The average Bonchev–Trinajstić information content (AvgIpc) is 3.20. The monoisotopic (exact) mass is 791 g/mol. The molecule has 0 saturated heterocycles. The first-order chi connectivity index (χ1) is 27.7. The molecule has 0 rings (SSSR count). The van der Waals surface area contributed by atoms with Gasteiger partial charge < -0.3 is 4.74 Å². The van der Waals surface area contributed by atoms with Crippen LogP contribution in [-0.4, -0.2) is 61.6 Å². The maximum absolute atomic E-state index is 13.2. The molecule has 0 heterocycles. The van der Waals surface area contributed by atoms with Gasteiger partial charge in [0, 0.05) is 6.54 Å². The zero-order valence-electron chi connectivity index (χ0n) is 39.4. The van der Waals surface area contributed by atoms with Gasteiger partial charge in [0.05, 0.1) is 6.54 Å². The van der Waals surface area contributed by atoms with Gasteiger partial charge in [-0.25, -0.2) is 0 Å². The topological polar surface area (TPSA) is 32.8 Å². The average molecular weight is 791 g/mol. The lowest BCUT2D eigenvalue weighted by Gasteiger charge is -2.24. The molecule has 0 aromatic heterocycles. The maximum atomic E-state index is 13.2. The molecule has 0 amide bonds. The van der Waals surface area contributed by atoms with Crippen LogP contribution in [0.25, 0.3) is 0 Å². The summed E-state index contributed by atoms with van der Waals surface area (Å²) in [7, 11) is 0. The molecule has 0 N–H and O–H groups in total. The summed E-state index contributed by atoms with van der Waals surface area (Å²) in [5.41, 5.74) is 0. The van der Waals surface area contributed by atoms with Crippen molar-refractivity contribution in [3.63, 3.8) is 0 Å². The van der Waals surface area contributed by atoms with Crippen LogP contribution >= 0.6 is 0 Å². The number of rotatable bonds is 49. The van der Waals surface area contributed by atoms with Crippen LogP contribution < -0.4 is 0 Å². The largest absolute Gasteiger partial charge is 0.463 e. The first-order valence-corrected chi connectivity index (χ1v) is 26.3. The van der Waals surface area contributed by atoms with E-state index < -0.39 is 0 Å². The molecule has 0 bridgehead atoms. The molecule has 0 saturated carbocycles. The van der Waals surface area contributed by atoms with Gasteiger partial charge in [-0.3, -0.25) is 14.6 Å². The summed E-state index contributed by atoms with van der Waals surface area (Å²) in [6, 6.07) is 0. The van der Waals surface area contributed by atoms with Crippen LogP contribution in [-0.2, 0) is 9.53 Å². The number of carbonyl (C=O) groups excluding carboxylic acids is 1. The normalized spacial score (nSPS) is 11.8. The Morgan fingerprint density at radius 1 is 0.286 bits per heavy atom. The molecule has 0 aliphatic heterocycles. The SMILES string of the molecule is CCCCCCCCCCCCN(CCCCCCCCCCCC)CCOC(=O)CN(CCCCCCCCCCCC)CCCCCCCCCCCC. The van der Waals surface area contributed by atoms with Crippen LogP contribution in [0.2, 0.25) is 0 Å². The van der Waals surface area contributed by atoms with Crippen LogP contribution in [0.3, 0.4) is 0 Å². The van der Waals surface area contributed by atoms with E-state index in [1.165, 1.54) is 257 Å². The molecule has 4 heteroatoms. The minimum absolute atomic E-state index is 0.00184. The molecule has 0 aromatic carbocycles. The Hall–Kier alpha value is -0.610. The van der Waals surface area contributed by atoms with E-state index in [2.05, 4.69) is 37.5 Å². The van der Waals surface area contributed by atoms with Gasteiger partial charge in [0.2, 0.25) is 0 Å². The Morgan fingerprint density at radius 2 is 0.500 bits per heavy atom. The van der Waals surface area contributed by atoms with Gasteiger partial charge in [-0.15, -0.1) is 0 Å². The second kappa shape index (κ2) is 48.8. The molecule has 0 aliphatic rings. The molecule has 0 unspecified atom stereocenters. The van der Waals surface area contributed by atoms with E-state index >= 15 is 0 Å². The smallest absolute Gasteiger partial charge is 0.320 e. The van der Waals surface area contributed by atoms with Gasteiger partial charge in [-0.05, 0) is 51.9 Å². The maximum Gasteiger partial charge on any atom is 0.320 e. The lowest BCUT2D eigenvalue weighted by atomic mass is 10.1. The lowest BCUT2D eigenvalue weighted by molar-refractivity contribution is -0.145. The van der Waals surface area contributed by atoms with E-state index in [0.717, 1.165) is 32.7 Å². The third-order valence-corrected chi connectivity index (χ3v) is 12.3. The summed E-state index contributed by atoms with van der Waals surface area (Å²) < 4.78 is 5.98. The molecule has 4 nitrogen and oxygen atoms in total. The lowest BCUT2D eigenvalue weighted by Crippen LogP contribution is -2.35. The Morgan fingerprint density at radius 3 is 0.750 bits per heavy atom. The van der Waals surface area contributed by atoms with Gasteiger partial charge >= 0.3 is 5.97 Å². The number of nitrogens with zero attached hydrogens (tertiary/aromatic N) is 2. The quantitative estimate of drug-likeness (QED) is 0.0454. The highest BCUT2D eigenvalue weighted by molar-refractivity contribution is 5.71. The summed E-state index contributed by atoms with van der Waals surface area (Å²) in [4.78, 5) is 18.3. The third kappa shape index (κ3) is 44.5. The first-order valence-electron chi connectivity index (χ1n) is 26.3. The summed E-state index contributed by atoms with van der Waals surface area (Å²) in [5, 5.41) is 0. The number of esters is 1. The molecule has 0 aliphatic carbocycles. The number of ether oxygens (including phenoxy) is 1. The van der Waals surface area contributed by atoms with E-state index in [4.69, 9.17) is 4.74 Å². The summed E-state index contributed by atoms with van der Waals surface area (Å²) in [6.45, 7) is 15.6. The third-order valence-electron chi connectivity index (χ3n) is 12.3. The van der Waals surface area contributed by atoms with E-state index in [1.807, 2.05) is 0 Å². The van der Waals surface area contributed by atoms with Crippen LogP contribution in [0.4, 0.5) is 0 Å². The van der Waals surface area contributed by atoms with Gasteiger partial charge in [-0.1, -0.05) is 259 Å².